The summed E-state index contributed by atoms with van der Waals surface area (Å²) in [6.45, 7) is 1.89. The second-order valence-electron chi connectivity index (χ2n) is 7.00. The standard InChI is InChI=1S/C22H17FO3/c1-12-16-10-15(23)6-7-19(16)26-22(12)18-11-21(24)25-20-9-14-5-3-2-4-13(14)8-17(18)20/h6-11H,2-5H2,1H3. The van der Waals surface area contributed by atoms with Gasteiger partial charge in [0.15, 0.2) is 0 Å². The third-order valence-corrected chi connectivity index (χ3v) is 5.35. The predicted molar refractivity (Wildman–Crippen MR) is 99.0 cm³/mol. The van der Waals surface area contributed by atoms with Crippen LogP contribution >= 0.6 is 0 Å². The van der Waals surface area contributed by atoms with Gasteiger partial charge in [-0.15, -0.1) is 0 Å². The first-order valence-electron chi connectivity index (χ1n) is 8.89. The molecule has 0 radical (unpaired) electrons. The van der Waals surface area contributed by atoms with Crippen molar-refractivity contribution < 1.29 is 13.2 Å². The van der Waals surface area contributed by atoms with E-state index in [9.17, 15) is 9.18 Å². The van der Waals surface area contributed by atoms with E-state index in [1.54, 1.807) is 6.07 Å². The summed E-state index contributed by atoms with van der Waals surface area (Å²) in [6, 6.07) is 10.0. The van der Waals surface area contributed by atoms with Crippen molar-refractivity contribution in [2.24, 2.45) is 0 Å². The first-order valence-corrected chi connectivity index (χ1v) is 8.89. The van der Waals surface area contributed by atoms with Crippen LogP contribution in [0.1, 0.15) is 29.5 Å². The van der Waals surface area contributed by atoms with Crippen molar-refractivity contribution in [2.75, 3.05) is 0 Å². The summed E-state index contributed by atoms with van der Waals surface area (Å²) in [7, 11) is 0. The van der Waals surface area contributed by atoms with Gasteiger partial charge in [0.05, 0.1) is 0 Å². The van der Waals surface area contributed by atoms with E-state index in [0.29, 0.717) is 22.5 Å². The van der Waals surface area contributed by atoms with Crippen LogP contribution in [0.2, 0.25) is 0 Å². The van der Waals surface area contributed by atoms with E-state index in [2.05, 4.69) is 6.07 Å². The van der Waals surface area contributed by atoms with Crippen LogP contribution < -0.4 is 5.63 Å². The molecule has 0 spiro atoms. The number of fused-ring (bicyclic) bond motifs is 3. The SMILES string of the molecule is Cc1c(-c2cc(=O)oc3cc4c(cc23)CCCC4)oc2ccc(F)cc12. The Morgan fingerprint density at radius 2 is 1.65 bits per heavy atom. The Labute approximate surface area is 149 Å². The summed E-state index contributed by atoms with van der Waals surface area (Å²) in [5.74, 6) is 0.290. The Morgan fingerprint density at radius 1 is 0.885 bits per heavy atom. The van der Waals surface area contributed by atoms with Crippen LogP contribution in [0.5, 0.6) is 0 Å². The lowest BCUT2D eigenvalue weighted by Gasteiger charge is -2.16. The van der Waals surface area contributed by atoms with Gasteiger partial charge in [-0.2, -0.15) is 0 Å². The van der Waals surface area contributed by atoms with Gasteiger partial charge in [0, 0.05) is 28.0 Å². The highest BCUT2D eigenvalue weighted by Crippen LogP contribution is 2.37. The maximum atomic E-state index is 13.6. The van der Waals surface area contributed by atoms with Gasteiger partial charge in [0.25, 0.3) is 0 Å². The Balaban J connectivity index is 1.84. The zero-order valence-corrected chi connectivity index (χ0v) is 14.4. The molecule has 4 aromatic rings. The number of halogens is 1. The summed E-state index contributed by atoms with van der Waals surface area (Å²) < 4.78 is 25.1. The number of hydrogen-bond acceptors (Lipinski definition) is 3. The molecule has 4 heteroatoms. The first kappa shape index (κ1) is 15.4. The van der Waals surface area contributed by atoms with Gasteiger partial charge < -0.3 is 8.83 Å². The van der Waals surface area contributed by atoms with Crippen LogP contribution in [0.3, 0.4) is 0 Å². The molecule has 26 heavy (non-hydrogen) atoms. The van der Waals surface area contributed by atoms with Crippen molar-refractivity contribution in [1.82, 2.24) is 0 Å². The molecular weight excluding hydrogens is 331 g/mol. The van der Waals surface area contributed by atoms with Crippen LogP contribution in [-0.2, 0) is 12.8 Å². The van der Waals surface area contributed by atoms with Crippen molar-refractivity contribution in [2.45, 2.75) is 32.6 Å². The largest absolute Gasteiger partial charge is 0.456 e. The molecule has 2 heterocycles. The first-order chi connectivity index (χ1) is 12.6. The molecule has 0 N–H and O–H groups in total. The molecule has 3 nitrogen and oxygen atoms in total. The minimum Gasteiger partial charge on any atom is -0.456 e. The lowest BCUT2D eigenvalue weighted by molar-refractivity contribution is 0.558. The molecule has 1 aliphatic rings. The van der Waals surface area contributed by atoms with E-state index in [-0.39, 0.29) is 5.82 Å². The van der Waals surface area contributed by atoms with Gasteiger partial charge in [0.1, 0.15) is 22.7 Å². The predicted octanol–water partition coefficient (Wildman–Crippen LogP) is 5.53. The van der Waals surface area contributed by atoms with Crippen LogP contribution in [0.4, 0.5) is 4.39 Å². The molecule has 0 saturated heterocycles. The Kier molecular flexibility index (Phi) is 3.29. The van der Waals surface area contributed by atoms with E-state index in [0.717, 1.165) is 35.6 Å². The molecule has 0 unspecified atom stereocenters. The smallest absolute Gasteiger partial charge is 0.336 e. The average molecular weight is 348 g/mol. The lowest BCUT2D eigenvalue weighted by Crippen LogP contribution is -2.04. The molecule has 0 aliphatic heterocycles. The number of aryl methyl sites for hydroxylation is 3. The molecule has 0 atom stereocenters. The quantitative estimate of drug-likeness (QED) is 0.425. The zero-order chi connectivity index (χ0) is 17.8. The topological polar surface area (TPSA) is 43.4 Å². The summed E-state index contributed by atoms with van der Waals surface area (Å²) in [5, 5.41) is 1.59. The summed E-state index contributed by atoms with van der Waals surface area (Å²) in [6.07, 6.45) is 4.39. The normalized spacial score (nSPS) is 14.1. The number of benzene rings is 2. The highest BCUT2D eigenvalue weighted by molar-refractivity contribution is 5.97. The minimum atomic E-state index is -0.408. The summed E-state index contributed by atoms with van der Waals surface area (Å²) in [4.78, 5) is 12.2. The Morgan fingerprint density at radius 3 is 2.46 bits per heavy atom. The van der Waals surface area contributed by atoms with Gasteiger partial charge >= 0.3 is 5.63 Å². The maximum Gasteiger partial charge on any atom is 0.336 e. The van der Waals surface area contributed by atoms with E-state index < -0.39 is 5.63 Å². The van der Waals surface area contributed by atoms with E-state index in [1.807, 2.05) is 13.0 Å². The third kappa shape index (κ3) is 2.29. The van der Waals surface area contributed by atoms with Crippen LogP contribution in [0, 0.1) is 12.7 Å². The molecule has 0 saturated carbocycles. The summed E-state index contributed by atoms with van der Waals surface area (Å²) in [5.41, 5.74) is 4.88. The van der Waals surface area contributed by atoms with Crippen molar-refractivity contribution in [3.8, 4) is 11.3 Å². The van der Waals surface area contributed by atoms with Crippen molar-refractivity contribution in [3.63, 3.8) is 0 Å². The number of rotatable bonds is 1. The monoisotopic (exact) mass is 348 g/mol. The van der Waals surface area contributed by atoms with Crippen molar-refractivity contribution >= 4 is 21.9 Å². The molecule has 130 valence electrons. The molecule has 0 bridgehead atoms. The maximum absolute atomic E-state index is 13.6. The Bertz CT molecular complexity index is 1230. The van der Waals surface area contributed by atoms with Crippen molar-refractivity contribution in [3.05, 3.63) is 69.3 Å². The second kappa shape index (κ2) is 5.56. The number of furan rings is 1. The molecule has 0 fully saturated rings. The molecule has 1 aliphatic carbocycles. The van der Waals surface area contributed by atoms with E-state index in [1.165, 1.54) is 35.7 Å². The fourth-order valence-electron chi connectivity index (χ4n) is 4.03. The van der Waals surface area contributed by atoms with Gasteiger partial charge in [-0.05, 0) is 74.1 Å². The van der Waals surface area contributed by atoms with Crippen molar-refractivity contribution in [1.29, 1.82) is 0 Å². The van der Waals surface area contributed by atoms with E-state index >= 15 is 0 Å². The minimum absolute atomic E-state index is 0.306. The molecule has 5 rings (SSSR count). The van der Waals surface area contributed by atoms with Gasteiger partial charge in [-0.3, -0.25) is 0 Å². The molecule has 2 aromatic carbocycles. The van der Waals surface area contributed by atoms with Gasteiger partial charge in [-0.25, -0.2) is 9.18 Å². The Hall–Kier alpha value is -2.88. The van der Waals surface area contributed by atoms with Crippen LogP contribution in [0.25, 0.3) is 33.3 Å². The average Bonchev–Trinajstić information content (AvgIpc) is 2.95. The molecule has 0 amide bonds. The molecular formula is C22H17FO3. The number of hydrogen-bond donors (Lipinski definition) is 0. The van der Waals surface area contributed by atoms with Crippen LogP contribution in [-0.4, -0.2) is 0 Å². The van der Waals surface area contributed by atoms with Gasteiger partial charge in [0.2, 0.25) is 0 Å². The highest BCUT2D eigenvalue weighted by atomic mass is 19.1. The third-order valence-electron chi connectivity index (χ3n) is 5.35. The highest BCUT2D eigenvalue weighted by Gasteiger charge is 2.19. The van der Waals surface area contributed by atoms with Crippen LogP contribution in [0.15, 0.2) is 50.0 Å². The summed E-state index contributed by atoms with van der Waals surface area (Å²) >= 11 is 0. The fraction of sp³-hybridized carbons (Fsp3) is 0.227. The fourth-order valence-corrected chi connectivity index (χ4v) is 4.03. The lowest BCUT2D eigenvalue weighted by atomic mass is 9.89. The zero-order valence-electron chi connectivity index (χ0n) is 14.4. The van der Waals surface area contributed by atoms with Gasteiger partial charge in [-0.1, -0.05) is 0 Å². The van der Waals surface area contributed by atoms with E-state index in [4.69, 9.17) is 8.83 Å². The second-order valence-corrected chi connectivity index (χ2v) is 7.00. The molecule has 2 aromatic heterocycles.